The van der Waals surface area contributed by atoms with Crippen molar-refractivity contribution in [2.75, 3.05) is 31.2 Å². The van der Waals surface area contributed by atoms with Gasteiger partial charge in [0, 0.05) is 30.9 Å². The van der Waals surface area contributed by atoms with Crippen molar-refractivity contribution in [3.63, 3.8) is 0 Å². The van der Waals surface area contributed by atoms with Crippen molar-refractivity contribution in [1.82, 2.24) is 15.0 Å². The first-order valence-corrected chi connectivity index (χ1v) is 9.14. The zero-order valence-electron chi connectivity index (χ0n) is 15.8. The van der Waals surface area contributed by atoms with E-state index in [0.29, 0.717) is 41.7 Å². The molecule has 0 atom stereocenters. The lowest BCUT2D eigenvalue weighted by Crippen LogP contribution is -2.36. The molecule has 7 nitrogen and oxygen atoms in total. The van der Waals surface area contributed by atoms with Gasteiger partial charge in [-0.25, -0.2) is 19.3 Å². The van der Waals surface area contributed by atoms with E-state index >= 15 is 0 Å². The van der Waals surface area contributed by atoms with Gasteiger partial charge in [-0.3, -0.25) is 0 Å². The summed E-state index contributed by atoms with van der Waals surface area (Å²) in [6, 6.07) is 10.7. The maximum Gasteiger partial charge on any atom is 0.163 e. The van der Waals surface area contributed by atoms with Crippen LogP contribution in [-0.4, -0.2) is 41.3 Å². The minimum atomic E-state index is -0.523. The number of morpholine rings is 1. The molecule has 3 aromatic rings. The summed E-state index contributed by atoms with van der Waals surface area (Å²) in [6.07, 6.45) is 2.19. The molecule has 8 heteroatoms. The van der Waals surface area contributed by atoms with Crippen molar-refractivity contribution in [2.45, 2.75) is 6.92 Å². The molecule has 3 heterocycles. The summed E-state index contributed by atoms with van der Waals surface area (Å²) < 4.78 is 24.7. The fraction of sp³-hybridized carbons (Fsp3) is 0.238. The van der Waals surface area contributed by atoms with Gasteiger partial charge in [-0.2, -0.15) is 5.26 Å². The summed E-state index contributed by atoms with van der Waals surface area (Å²) in [4.78, 5) is 14.8. The number of anilines is 1. The van der Waals surface area contributed by atoms with Crippen molar-refractivity contribution >= 4 is 5.82 Å². The SMILES string of the molecule is Cc1cc(Oc2cc(C#N)ccc2-c2ncc(F)cn2)cc(N2CCOCC2)n1. The van der Waals surface area contributed by atoms with Crippen molar-refractivity contribution in [3.8, 4) is 29.0 Å². The Labute approximate surface area is 167 Å². The third-order valence-corrected chi connectivity index (χ3v) is 4.45. The molecule has 1 aromatic carbocycles. The maximum atomic E-state index is 13.2. The van der Waals surface area contributed by atoms with E-state index < -0.39 is 5.82 Å². The number of benzene rings is 1. The Kier molecular flexibility index (Phi) is 5.31. The Bertz CT molecular complexity index is 1060. The third-order valence-electron chi connectivity index (χ3n) is 4.45. The summed E-state index contributed by atoms with van der Waals surface area (Å²) in [5.74, 6) is 1.58. The molecule has 1 aliphatic heterocycles. The van der Waals surface area contributed by atoms with E-state index in [0.717, 1.165) is 37.0 Å². The van der Waals surface area contributed by atoms with Crippen LogP contribution in [0.4, 0.5) is 10.2 Å². The zero-order valence-corrected chi connectivity index (χ0v) is 15.8. The largest absolute Gasteiger partial charge is 0.456 e. The Morgan fingerprint density at radius 1 is 1.14 bits per heavy atom. The Morgan fingerprint density at radius 3 is 2.62 bits per heavy atom. The molecule has 1 saturated heterocycles. The van der Waals surface area contributed by atoms with E-state index in [4.69, 9.17) is 9.47 Å². The first-order chi connectivity index (χ1) is 14.1. The maximum absolute atomic E-state index is 13.2. The predicted octanol–water partition coefficient (Wildman–Crippen LogP) is 3.49. The highest BCUT2D eigenvalue weighted by Crippen LogP contribution is 2.34. The number of nitrogens with zero attached hydrogens (tertiary/aromatic N) is 5. The minimum Gasteiger partial charge on any atom is -0.456 e. The molecule has 0 bridgehead atoms. The third kappa shape index (κ3) is 4.31. The Balaban J connectivity index is 1.71. The number of halogens is 1. The van der Waals surface area contributed by atoms with E-state index in [-0.39, 0.29) is 0 Å². The van der Waals surface area contributed by atoms with Crippen molar-refractivity contribution in [2.24, 2.45) is 0 Å². The van der Waals surface area contributed by atoms with E-state index in [1.54, 1.807) is 18.2 Å². The molecule has 1 fully saturated rings. The molecule has 0 N–H and O–H groups in total. The predicted molar refractivity (Wildman–Crippen MR) is 104 cm³/mol. The van der Waals surface area contributed by atoms with Crippen LogP contribution in [0.2, 0.25) is 0 Å². The molecule has 2 aromatic heterocycles. The second kappa shape index (κ2) is 8.20. The van der Waals surface area contributed by atoms with Gasteiger partial charge in [0.25, 0.3) is 0 Å². The topological polar surface area (TPSA) is 84.2 Å². The van der Waals surface area contributed by atoms with Gasteiger partial charge in [0.2, 0.25) is 0 Å². The fourth-order valence-electron chi connectivity index (χ4n) is 3.07. The van der Waals surface area contributed by atoms with Crippen molar-refractivity contribution in [3.05, 3.63) is 59.8 Å². The molecule has 0 aliphatic carbocycles. The van der Waals surface area contributed by atoms with Crippen molar-refractivity contribution in [1.29, 1.82) is 5.26 Å². The minimum absolute atomic E-state index is 0.310. The average Bonchev–Trinajstić information content (AvgIpc) is 2.74. The molecule has 0 saturated carbocycles. The Morgan fingerprint density at radius 2 is 1.90 bits per heavy atom. The fourth-order valence-corrected chi connectivity index (χ4v) is 3.07. The summed E-state index contributed by atoms with van der Waals surface area (Å²) >= 11 is 0. The number of nitriles is 1. The highest BCUT2D eigenvalue weighted by Gasteiger charge is 2.16. The van der Waals surface area contributed by atoms with Gasteiger partial charge < -0.3 is 14.4 Å². The van der Waals surface area contributed by atoms with Crippen LogP contribution in [0.5, 0.6) is 11.5 Å². The van der Waals surface area contributed by atoms with Gasteiger partial charge in [0.15, 0.2) is 11.6 Å². The lowest BCUT2D eigenvalue weighted by Gasteiger charge is -2.28. The normalized spacial score (nSPS) is 13.8. The van der Waals surface area contributed by atoms with E-state index in [9.17, 15) is 9.65 Å². The van der Waals surface area contributed by atoms with Gasteiger partial charge in [-0.05, 0) is 25.1 Å². The van der Waals surface area contributed by atoms with Crippen LogP contribution < -0.4 is 9.64 Å². The summed E-state index contributed by atoms with van der Waals surface area (Å²) in [7, 11) is 0. The zero-order chi connectivity index (χ0) is 20.2. The number of hydrogen-bond acceptors (Lipinski definition) is 7. The standard InChI is InChI=1S/C21H18FN5O2/c1-14-8-17(10-20(26-14)27-4-6-28-7-5-27)29-19-9-15(11-23)2-3-18(19)21-24-12-16(22)13-25-21/h2-3,8-10,12-13H,4-7H2,1H3. The average molecular weight is 391 g/mol. The van der Waals surface area contributed by atoms with E-state index in [1.165, 1.54) is 0 Å². The Hall–Kier alpha value is -3.57. The van der Waals surface area contributed by atoms with Crippen LogP contribution in [0.3, 0.4) is 0 Å². The van der Waals surface area contributed by atoms with Crippen LogP contribution in [0.15, 0.2) is 42.7 Å². The van der Waals surface area contributed by atoms with Crippen molar-refractivity contribution < 1.29 is 13.9 Å². The lowest BCUT2D eigenvalue weighted by molar-refractivity contribution is 0.122. The van der Waals surface area contributed by atoms with E-state index in [1.807, 2.05) is 19.1 Å². The van der Waals surface area contributed by atoms with Crippen LogP contribution in [0.25, 0.3) is 11.4 Å². The summed E-state index contributed by atoms with van der Waals surface area (Å²) in [6.45, 7) is 4.72. The molecule has 4 rings (SSSR count). The highest BCUT2D eigenvalue weighted by atomic mass is 19.1. The first kappa shape index (κ1) is 18.8. The van der Waals surface area contributed by atoms with Gasteiger partial charge in [-0.1, -0.05) is 0 Å². The lowest BCUT2D eigenvalue weighted by atomic mass is 10.1. The number of aromatic nitrogens is 3. The molecule has 0 amide bonds. The second-order valence-corrected chi connectivity index (χ2v) is 6.55. The number of aryl methyl sites for hydroxylation is 1. The number of pyridine rings is 1. The van der Waals surface area contributed by atoms with Gasteiger partial charge in [0.05, 0.1) is 42.8 Å². The molecule has 0 spiro atoms. The number of ether oxygens (including phenoxy) is 2. The highest BCUT2D eigenvalue weighted by molar-refractivity contribution is 5.66. The molecule has 0 unspecified atom stereocenters. The smallest absolute Gasteiger partial charge is 0.163 e. The van der Waals surface area contributed by atoms with Crippen LogP contribution in [0.1, 0.15) is 11.3 Å². The summed E-state index contributed by atoms with van der Waals surface area (Å²) in [5.41, 5.74) is 1.80. The molecular weight excluding hydrogens is 373 g/mol. The van der Waals surface area contributed by atoms with Gasteiger partial charge >= 0.3 is 0 Å². The van der Waals surface area contributed by atoms with E-state index in [2.05, 4.69) is 25.9 Å². The number of hydrogen-bond donors (Lipinski definition) is 0. The molecular formula is C21H18FN5O2. The van der Waals surface area contributed by atoms with Crippen LogP contribution >= 0.6 is 0 Å². The quantitative estimate of drug-likeness (QED) is 0.673. The van der Waals surface area contributed by atoms with Gasteiger partial charge in [0.1, 0.15) is 17.3 Å². The molecule has 29 heavy (non-hydrogen) atoms. The van der Waals surface area contributed by atoms with Crippen LogP contribution in [-0.2, 0) is 4.74 Å². The molecule has 1 aliphatic rings. The first-order valence-electron chi connectivity index (χ1n) is 9.14. The second-order valence-electron chi connectivity index (χ2n) is 6.55. The monoisotopic (exact) mass is 391 g/mol. The van der Waals surface area contributed by atoms with Crippen LogP contribution in [0, 0.1) is 24.1 Å². The summed E-state index contributed by atoms with van der Waals surface area (Å²) in [5, 5.41) is 9.27. The number of rotatable bonds is 4. The molecule has 146 valence electrons. The van der Waals surface area contributed by atoms with Gasteiger partial charge in [-0.15, -0.1) is 0 Å². The molecule has 0 radical (unpaired) electrons.